The molecule has 4 rings (SSSR count). The van der Waals surface area contributed by atoms with Gasteiger partial charge in [-0.05, 0) is 54.8 Å². The summed E-state index contributed by atoms with van der Waals surface area (Å²) < 4.78 is 32.9. The van der Waals surface area contributed by atoms with Crippen LogP contribution in [0.2, 0.25) is 0 Å². The summed E-state index contributed by atoms with van der Waals surface area (Å²) in [4.78, 5) is 21.6. The molecule has 1 amide bonds. The predicted octanol–water partition coefficient (Wildman–Crippen LogP) is 1.59. The maximum Gasteiger partial charge on any atom is 0.243 e. The van der Waals surface area contributed by atoms with Gasteiger partial charge < -0.3 is 9.64 Å². The molecule has 1 aromatic carbocycles. The van der Waals surface area contributed by atoms with Crippen molar-refractivity contribution in [2.45, 2.75) is 30.3 Å². The van der Waals surface area contributed by atoms with E-state index in [9.17, 15) is 13.2 Å². The van der Waals surface area contributed by atoms with E-state index < -0.39 is 16.1 Å². The Labute approximate surface area is 183 Å². The molecule has 1 atom stereocenters. The van der Waals surface area contributed by atoms with Gasteiger partial charge in [0.1, 0.15) is 11.8 Å². The zero-order chi connectivity index (χ0) is 21.8. The van der Waals surface area contributed by atoms with Gasteiger partial charge in [0.05, 0.1) is 12.0 Å². The highest BCUT2D eigenvalue weighted by molar-refractivity contribution is 7.89. The first-order valence-electron chi connectivity index (χ1n) is 10.5. The molecular formula is C22H28N4O4S. The Kier molecular flexibility index (Phi) is 6.54. The first-order valence-corrected chi connectivity index (χ1v) is 12.0. The van der Waals surface area contributed by atoms with E-state index >= 15 is 0 Å². The number of sulfonamides is 1. The highest BCUT2D eigenvalue weighted by Crippen LogP contribution is 2.28. The molecule has 2 aliphatic heterocycles. The molecule has 8 nitrogen and oxygen atoms in total. The van der Waals surface area contributed by atoms with Gasteiger partial charge in [-0.2, -0.15) is 4.31 Å². The summed E-state index contributed by atoms with van der Waals surface area (Å²) in [6.07, 6.45) is 4.82. The van der Waals surface area contributed by atoms with E-state index in [-0.39, 0.29) is 10.8 Å². The molecule has 2 fully saturated rings. The molecule has 2 aliphatic rings. The fourth-order valence-electron chi connectivity index (χ4n) is 4.24. The third-order valence-electron chi connectivity index (χ3n) is 5.99. The number of ether oxygens (including phenoxy) is 1. The number of nitrogens with zero attached hydrogens (tertiary/aromatic N) is 4. The van der Waals surface area contributed by atoms with Crippen molar-refractivity contribution in [2.75, 3.05) is 39.8 Å². The number of methoxy groups -OCH3 is 1. The maximum atomic E-state index is 13.2. The minimum Gasteiger partial charge on any atom is -0.497 e. The predicted molar refractivity (Wildman–Crippen MR) is 116 cm³/mol. The van der Waals surface area contributed by atoms with Gasteiger partial charge in [0.15, 0.2) is 0 Å². The van der Waals surface area contributed by atoms with Crippen LogP contribution in [0.3, 0.4) is 0 Å². The molecule has 3 heterocycles. The molecule has 166 valence electrons. The van der Waals surface area contributed by atoms with Crippen LogP contribution in [-0.2, 0) is 21.4 Å². The lowest BCUT2D eigenvalue weighted by Crippen LogP contribution is -2.54. The summed E-state index contributed by atoms with van der Waals surface area (Å²) in [5, 5.41) is 0. The number of pyridine rings is 1. The second-order valence-electron chi connectivity index (χ2n) is 7.91. The fraction of sp³-hybridized carbons (Fsp3) is 0.455. The van der Waals surface area contributed by atoms with Crippen LogP contribution >= 0.6 is 0 Å². The van der Waals surface area contributed by atoms with Crippen LogP contribution in [0.15, 0.2) is 53.7 Å². The molecule has 0 bridgehead atoms. The highest BCUT2D eigenvalue weighted by Gasteiger charge is 2.41. The quantitative estimate of drug-likeness (QED) is 0.673. The zero-order valence-electron chi connectivity index (χ0n) is 17.7. The van der Waals surface area contributed by atoms with E-state index in [1.54, 1.807) is 24.5 Å². The van der Waals surface area contributed by atoms with Crippen LogP contribution in [0.4, 0.5) is 0 Å². The lowest BCUT2D eigenvalue weighted by molar-refractivity contribution is -0.136. The van der Waals surface area contributed by atoms with E-state index in [4.69, 9.17) is 4.74 Å². The first kappa shape index (κ1) is 21.7. The minimum atomic E-state index is -3.73. The van der Waals surface area contributed by atoms with Gasteiger partial charge in [-0.25, -0.2) is 8.42 Å². The summed E-state index contributed by atoms with van der Waals surface area (Å²) in [6, 6.07) is 9.69. The van der Waals surface area contributed by atoms with Crippen molar-refractivity contribution in [2.24, 2.45) is 0 Å². The molecule has 1 aromatic heterocycles. The Bertz CT molecular complexity index is 990. The topological polar surface area (TPSA) is 83.0 Å². The van der Waals surface area contributed by atoms with Crippen LogP contribution < -0.4 is 4.74 Å². The third kappa shape index (κ3) is 4.73. The lowest BCUT2D eigenvalue weighted by Gasteiger charge is -2.37. The first-order chi connectivity index (χ1) is 15.0. The summed E-state index contributed by atoms with van der Waals surface area (Å²) in [5.41, 5.74) is 1.20. The molecule has 0 unspecified atom stereocenters. The van der Waals surface area contributed by atoms with Crippen molar-refractivity contribution in [1.82, 2.24) is 19.1 Å². The number of amides is 1. The molecule has 0 spiro atoms. The second-order valence-corrected chi connectivity index (χ2v) is 9.80. The third-order valence-corrected chi connectivity index (χ3v) is 7.92. The van der Waals surface area contributed by atoms with Gasteiger partial charge in [0.2, 0.25) is 15.9 Å². The van der Waals surface area contributed by atoms with Crippen molar-refractivity contribution < 1.29 is 17.9 Å². The number of rotatable bonds is 6. The smallest absolute Gasteiger partial charge is 0.243 e. The van der Waals surface area contributed by atoms with Crippen LogP contribution in [0.25, 0.3) is 0 Å². The average molecular weight is 445 g/mol. The number of carbonyl (C=O) groups excluding carboxylic acids is 1. The van der Waals surface area contributed by atoms with Gasteiger partial charge in [-0.1, -0.05) is 0 Å². The van der Waals surface area contributed by atoms with E-state index in [1.807, 2.05) is 17.0 Å². The molecule has 0 saturated carbocycles. The second kappa shape index (κ2) is 9.33. The Hall–Kier alpha value is -2.49. The number of hydrogen-bond acceptors (Lipinski definition) is 6. The molecule has 0 aliphatic carbocycles. The Balaban J connectivity index is 1.40. The molecule has 31 heavy (non-hydrogen) atoms. The summed E-state index contributed by atoms with van der Waals surface area (Å²) in [6.45, 7) is 3.95. The number of piperazine rings is 1. The van der Waals surface area contributed by atoms with Crippen molar-refractivity contribution in [1.29, 1.82) is 0 Å². The monoisotopic (exact) mass is 444 g/mol. The molecule has 0 N–H and O–H groups in total. The van der Waals surface area contributed by atoms with Crippen molar-refractivity contribution >= 4 is 15.9 Å². The van der Waals surface area contributed by atoms with Gasteiger partial charge in [-0.15, -0.1) is 0 Å². The number of benzene rings is 1. The fourth-order valence-corrected chi connectivity index (χ4v) is 5.89. The van der Waals surface area contributed by atoms with Crippen molar-refractivity contribution in [3.63, 3.8) is 0 Å². The minimum absolute atomic E-state index is 0.0850. The maximum absolute atomic E-state index is 13.2. The van der Waals surface area contributed by atoms with E-state index in [0.29, 0.717) is 38.2 Å². The normalized spacial score (nSPS) is 20.7. The van der Waals surface area contributed by atoms with E-state index in [0.717, 1.165) is 19.6 Å². The molecular weight excluding hydrogens is 416 g/mol. The van der Waals surface area contributed by atoms with E-state index in [1.165, 1.54) is 29.1 Å². The van der Waals surface area contributed by atoms with Gasteiger partial charge >= 0.3 is 0 Å². The van der Waals surface area contributed by atoms with Gasteiger partial charge in [0.25, 0.3) is 0 Å². The largest absolute Gasteiger partial charge is 0.497 e. The number of aromatic nitrogens is 1. The molecule has 9 heteroatoms. The van der Waals surface area contributed by atoms with Crippen LogP contribution in [0.1, 0.15) is 18.4 Å². The zero-order valence-corrected chi connectivity index (χ0v) is 18.5. The molecule has 2 saturated heterocycles. The number of hydrogen-bond donors (Lipinski definition) is 0. The molecule has 0 radical (unpaired) electrons. The number of carbonyl (C=O) groups is 1. The Morgan fingerprint density at radius 2 is 1.71 bits per heavy atom. The van der Waals surface area contributed by atoms with E-state index in [2.05, 4.69) is 9.88 Å². The van der Waals surface area contributed by atoms with Crippen LogP contribution in [-0.4, -0.2) is 79.3 Å². The summed E-state index contributed by atoms with van der Waals surface area (Å²) in [7, 11) is -2.20. The van der Waals surface area contributed by atoms with Gasteiger partial charge in [-0.3, -0.25) is 14.7 Å². The lowest BCUT2D eigenvalue weighted by atomic mass is 10.1. The Morgan fingerprint density at radius 1 is 1.03 bits per heavy atom. The van der Waals surface area contributed by atoms with Crippen molar-refractivity contribution in [3.05, 3.63) is 54.4 Å². The van der Waals surface area contributed by atoms with Crippen molar-refractivity contribution in [3.8, 4) is 5.75 Å². The Morgan fingerprint density at radius 3 is 2.35 bits per heavy atom. The van der Waals surface area contributed by atoms with Crippen LogP contribution in [0, 0.1) is 0 Å². The summed E-state index contributed by atoms with van der Waals surface area (Å²) >= 11 is 0. The van der Waals surface area contributed by atoms with Crippen LogP contribution in [0.5, 0.6) is 5.75 Å². The highest BCUT2D eigenvalue weighted by atomic mass is 32.2. The standard InChI is InChI=1S/C22H28N4O4S/c1-30-19-4-6-20(7-5-19)31(28,29)26-12-2-3-21(26)22(27)25-15-13-24(14-16-25)17-18-8-10-23-11-9-18/h4-11,21H,2-3,12-17H2,1H3/t21-/m1/s1. The average Bonchev–Trinajstić information content (AvgIpc) is 3.31. The molecule has 2 aromatic rings. The SMILES string of the molecule is COc1ccc(S(=O)(=O)N2CCC[C@@H]2C(=O)N2CCN(Cc3ccncc3)CC2)cc1. The summed E-state index contributed by atoms with van der Waals surface area (Å²) in [5.74, 6) is 0.510. The van der Waals surface area contributed by atoms with Gasteiger partial charge in [0, 0.05) is 51.7 Å².